The van der Waals surface area contributed by atoms with Gasteiger partial charge in [-0.1, -0.05) is 25.1 Å². The number of esters is 1. The Hall–Kier alpha value is -2.38. The zero-order chi connectivity index (χ0) is 20.7. The average Bonchev–Trinajstić information content (AvgIpc) is 3.05. The molecule has 5 nitrogen and oxygen atoms in total. The maximum atomic E-state index is 13.4. The largest absolute Gasteiger partial charge is 0.469 e. The normalized spacial score (nSPS) is 25.5. The van der Waals surface area contributed by atoms with Crippen LogP contribution in [0.2, 0.25) is 0 Å². The molecular formula is C20H24F3N3O2. The molecule has 0 unspecified atom stereocenters. The minimum absolute atomic E-state index is 0.00931. The zero-order valence-corrected chi connectivity index (χ0v) is 16.4. The lowest BCUT2D eigenvalue weighted by molar-refractivity contribution is -0.154. The van der Waals surface area contributed by atoms with Crippen LogP contribution in [0.3, 0.4) is 0 Å². The molecule has 0 radical (unpaired) electrons. The van der Waals surface area contributed by atoms with E-state index in [1.54, 1.807) is 17.7 Å². The number of ether oxygens (including phenoxy) is 1. The molecule has 0 aliphatic heterocycles. The van der Waals surface area contributed by atoms with Crippen LogP contribution in [0.25, 0.3) is 11.4 Å². The maximum Gasteiger partial charge on any atom is 0.417 e. The summed E-state index contributed by atoms with van der Waals surface area (Å²) in [6, 6.07) is 5.38. The van der Waals surface area contributed by atoms with Gasteiger partial charge < -0.3 is 9.30 Å². The summed E-state index contributed by atoms with van der Waals surface area (Å²) in [4.78, 5) is 12.1. The molecule has 8 heteroatoms. The Balaban J connectivity index is 1.94. The van der Waals surface area contributed by atoms with Crippen LogP contribution in [0.15, 0.2) is 24.3 Å². The number of nitrogens with zero attached hydrogens (tertiary/aromatic N) is 3. The number of alkyl halides is 3. The number of hydrogen-bond acceptors (Lipinski definition) is 4. The van der Waals surface area contributed by atoms with Gasteiger partial charge in [-0.2, -0.15) is 13.2 Å². The molecule has 0 atom stereocenters. The van der Waals surface area contributed by atoms with Crippen molar-refractivity contribution in [3.63, 3.8) is 0 Å². The fourth-order valence-electron chi connectivity index (χ4n) is 4.04. The number of carbonyl (C=O) groups is 1. The van der Waals surface area contributed by atoms with Crippen LogP contribution in [-0.2, 0) is 28.2 Å². The Morgan fingerprint density at radius 1 is 1.11 bits per heavy atom. The quantitative estimate of drug-likeness (QED) is 0.718. The Kier molecular flexibility index (Phi) is 5.02. The van der Waals surface area contributed by atoms with Crippen molar-refractivity contribution in [1.82, 2.24) is 14.8 Å². The first kappa shape index (κ1) is 20.4. The summed E-state index contributed by atoms with van der Waals surface area (Å²) >= 11 is 0. The van der Waals surface area contributed by atoms with Crippen LogP contribution >= 0.6 is 0 Å². The van der Waals surface area contributed by atoms with Crippen molar-refractivity contribution < 1.29 is 22.7 Å². The Labute approximate surface area is 161 Å². The molecule has 0 amide bonds. The second-order valence-corrected chi connectivity index (χ2v) is 8.06. The number of hydrogen-bond donors (Lipinski definition) is 0. The van der Waals surface area contributed by atoms with Gasteiger partial charge in [-0.05, 0) is 38.7 Å². The molecule has 1 aromatic carbocycles. The number of methoxy groups -OCH3 is 1. The average molecular weight is 395 g/mol. The van der Waals surface area contributed by atoms with Gasteiger partial charge in [0.15, 0.2) is 5.82 Å². The zero-order valence-electron chi connectivity index (χ0n) is 16.4. The molecule has 0 N–H and O–H groups in total. The van der Waals surface area contributed by atoms with Crippen molar-refractivity contribution in [1.29, 1.82) is 0 Å². The molecule has 1 fully saturated rings. The van der Waals surface area contributed by atoms with Crippen molar-refractivity contribution in [3.05, 3.63) is 35.7 Å². The van der Waals surface area contributed by atoms with Crippen LogP contribution in [-0.4, -0.2) is 27.8 Å². The minimum Gasteiger partial charge on any atom is -0.469 e. The molecule has 0 spiro atoms. The number of benzene rings is 1. The van der Waals surface area contributed by atoms with Gasteiger partial charge in [0.2, 0.25) is 0 Å². The molecule has 1 aliphatic carbocycles. The van der Waals surface area contributed by atoms with Crippen LogP contribution < -0.4 is 0 Å². The van der Waals surface area contributed by atoms with E-state index >= 15 is 0 Å². The highest BCUT2D eigenvalue weighted by Gasteiger charge is 2.45. The molecule has 1 aromatic heterocycles. The van der Waals surface area contributed by atoms with E-state index in [2.05, 4.69) is 10.2 Å². The third-order valence-corrected chi connectivity index (χ3v) is 6.02. The first-order valence-electron chi connectivity index (χ1n) is 9.17. The number of carbonyl (C=O) groups excluding carboxylic acids is 1. The van der Waals surface area contributed by atoms with E-state index in [4.69, 9.17) is 4.74 Å². The summed E-state index contributed by atoms with van der Waals surface area (Å²) in [5, 5.41) is 8.34. The van der Waals surface area contributed by atoms with Gasteiger partial charge in [-0.25, -0.2) is 0 Å². The SMILES string of the molecule is COC(=O)C1(C)CCC(C)(c2nnc(-c3ccccc3C(F)(F)F)n2C)CC1. The predicted molar refractivity (Wildman–Crippen MR) is 97.4 cm³/mol. The minimum atomic E-state index is -4.47. The Bertz CT molecular complexity index is 881. The van der Waals surface area contributed by atoms with E-state index in [-0.39, 0.29) is 22.8 Å². The standard InChI is InChI=1S/C20H24F3N3O2/c1-18(9-11-19(2,12-10-18)17(27)28-4)16-25-24-15(26(16)3)13-7-5-6-8-14(13)20(21,22)23/h5-8H,9-12H2,1-4H3. The predicted octanol–water partition coefficient (Wildman–Crippen LogP) is 4.51. The third kappa shape index (κ3) is 3.40. The van der Waals surface area contributed by atoms with Crippen molar-refractivity contribution in [2.45, 2.75) is 51.1 Å². The van der Waals surface area contributed by atoms with E-state index in [0.29, 0.717) is 31.5 Å². The van der Waals surface area contributed by atoms with Crippen LogP contribution in [0.5, 0.6) is 0 Å². The van der Waals surface area contributed by atoms with Crippen molar-refractivity contribution in [2.75, 3.05) is 7.11 Å². The topological polar surface area (TPSA) is 57.0 Å². The van der Waals surface area contributed by atoms with Gasteiger partial charge in [0.1, 0.15) is 5.82 Å². The second kappa shape index (κ2) is 6.90. The Morgan fingerprint density at radius 3 is 2.29 bits per heavy atom. The highest BCUT2D eigenvalue weighted by molar-refractivity contribution is 5.76. The summed E-state index contributed by atoms with van der Waals surface area (Å²) in [5.41, 5.74) is -1.64. The van der Waals surface area contributed by atoms with Crippen LogP contribution in [0, 0.1) is 5.41 Å². The Morgan fingerprint density at radius 2 is 1.71 bits per heavy atom. The monoisotopic (exact) mass is 395 g/mol. The summed E-state index contributed by atoms with van der Waals surface area (Å²) in [6.07, 6.45) is -1.88. The highest BCUT2D eigenvalue weighted by atomic mass is 19.4. The molecule has 1 aliphatic rings. The van der Waals surface area contributed by atoms with E-state index in [0.717, 1.165) is 6.07 Å². The lowest BCUT2D eigenvalue weighted by Crippen LogP contribution is -2.40. The fourth-order valence-corrected chi connectivity index (χ4v) is 4.04. The summed E-state index contributed by atoms with van der Waals surface area (Å²) in [6.45, 7) is 3.91. The van der Waals surface area contributed by atoms with Crippen molar-refractivity contribution >= 4 is 5.97 Å². The smallest absolute Gasteiger partial charge is 0.417 e. The number of halogens is 3. The fraction of sp³-hybridized carbons (Fsp3) is 0.550. The molecule has 0 saturated heterocycles. The number of rotatable bonds is 3. The van der Waals surface area contributed by atoms with Crippen molar-refractivity contribution in [2.24, 2.45) is 12.5 Å². The van der Waals surface area contributed by atoms with Gasteiger partial charge in [0.25, 0.3) is 0 Å². The van der Waals surface area contributed by atoms with Gasteiger partial charge in [-0.15, -0.1) is 10.2 Å². The number of aromatic nitrogens is 3. The van der Waals surface area contributed by atoms with E-state index in [1.165, 1.54) is 19.2 Å². The molecule has 1 heterocycles. The van der Waals surface area contributed by atoms with Gasteiger partial charge >= 0.3 is 12.1 Å². The van der Waals surface area contributed by atoms with Gasteiger partial charge in [-0.3, -0.25) is 4.79 Å². The van der Waals surface area contributed by atoms with Crippen LogP contribution in [0.4, 0.5) is 13.2 Å². The third-order valence-electron chi connectivity index (χ3n) is 6.02. The summed E-state index contributed by atoms with van der Waals surface area (Å²) < 4.78 is 46.8. The first-order valence-corrected chi connectivity index (χ1v) is 9.17. The van der Waals surface area contributed by atoms with Gasteiger partial charge in [0.05, 0.1) is 18.1 Å². The summed E-state index contributed by atoms with van der Waals surface area (Å²) in [5.74, 6) is 0.587. The summed E-state index contributed by atoms with van der Waals surface area (Å²) in [7, 11) is 3.08. The highest BCUT2D eigenvalue weighted by Crippen LogP contribution is 2.47. The van der Waals surface area contributed by atoms with E-state index in [1.807, 2.05) is 13.8 Å². The first-order chi connectivity index (χ1) is 13.0. The molecule has 2 aromatic rings. The lowest BCUT2D eigenvalue weighted by atomic mass is 9.64. The molecular weight excluding hydrogens is 371 g/mol. The van der Waals surface area contributed by atoms with Crippen molar-refractivity contribution in [3.8, 4) is 11.4 Å². The van der Waals surface area contributed by atoms with E-state index < -0.39 is 17.2 Å². The molecule has 3 rings (SSSR count). The van der Waals surface area contributed by atoms with E-state index in [9.17, 15) is 18.0 Å². The second-order valence-electron chi connectivity index (χ2n) is 8.06. The lowest BCUT2D eigenvalue weighted by Gasteiger charge is -2.40. The molecule has 152 valence electrons. The van der Waals surface area contributed by atoms with Crippen LogP contribution in [0.1, 0.15) is 50.9 Å². The maximum absolute atomic E-state index is 13.4. The molecule has 1 saturated carbocycles. The van der Waals surface area contributed by atoms with Gasteiger partial charge in [0, 0.05) is 18.0 Å². The molecule has 0 bridgehead atoms. The molecule has 28 heavy (non-hydrogen) atoms.